The molecule has 0 saturated carbocycles. The third kappa shape index (κ3) is 4.84. The maximum absolute atomic E-state index is 12.9. The molecule has 0 amide bonds. The summed E-state index contributed by atoms with van der Waals surface area (Å²) >= 11 is 7.42. The summed E-state index contributed by atoms with van der Waals surface area (Å²) in [5.41, 5.74) is 1.50. The van der Waals surface area contributed by atoms with Gasteiger partial charge in [0.1, 0.15) is 5.58 Å². The van der Waals surface area contributed by atoms with Crippen LogP contribution in [-0.2, 0) is 15.8 Å². The molecule has 3 aromatic carbocycles. The van der Waals surface area contributed by atoms with Crippen molar-refractivity contribution in [2.75, 3.05) is 4.72 Å². The number of hydrogen-bond donors (Lipinski definition) is 1. The van der Waals surface area contributed by atoms with Crippen LogP contribution in [0, 0.1) is 10.1 Å². The molecule has 0 atom stereocenters. The van der Waals surface area contributed by atoms with Gasteiger partial charge in [-0.2, -0.15) is 8.42 Å². The van der Waals surface area contributed by atoms with Crippen LogP contribution in [-0.4, -0.2) is 13.3 Å². The molecule has 10 heteroatoms. The summed E-state index contributed by atoms with van der Waals surface area (Å²) in [7, 11) is -3.99. The molecule has 31 heavy (non-hydrogen) atoms. The molecule has 7 nitrogen and oxygen atoms in total. The van der Waals surface area contributed by atoms with Crippen LogP contribution < -0.4 is 4.72 Å². The van der Waals surface area contributed by atoms with Gasteiger partial charge < -0.3 is 4.42 Å². The quantitative estimate of drug-likeness (QED) is 0.197. The van der Waals surface area contributed by atoms with E-state index in [1.807, 2.05) is 0 Å². The molecule has 0 spiro atoms. The maximum Gasteiger partial charge on any atom is 0.295 e. The van der Waals surface area contributed by atoms with Crippen LogP contribution in [0.15, 0.2) is 87.2 Å². The highest BCUT2D eigenvalue weighted by Crippen LogP contribution is 2.34. The van der Waals surface area contributed by atoms with Gasteiger partial charge in [0, 0.05) is 39.3 Å². The van der Waals surface area contributed by atoms with Crippen molar-refractivity contribution < 1.29 is 17.8 Å². The zero-order chi connectivity index (χ0) is 22.0. The van der Waals surface area contributed by atoms with Crippen molar-refractivity contribution in [3.8, 4) is 0 Å². The number of nitrogens with one attached hydrogen (secondary N) is 1. The van der Waals surface area contributed by atoms with Crippen LogP contribution in [0.1, 0.15) is 5.56 Å². The number of rotatable bonds is 7. The Hall–Kier alpha value is -3.01. The molecule has 1 N–H and O–H groups in total. The minimum absolute atomic E-state index is 0.0000166. The predicted octanol–water partition coefficient (Wildman–Crippen LogP) is 6.09. The van der Waals surface area contributed by atoms with Gasteiger partial charge in [0.2, 0.25) is 5.09 Å². The van der Waals surface area contributed by atoms with Gasteiger partial charge in [-0.1, -0.05) is 41.9 Å². The Morgan fingerprint density at radius 1 is 1.03 bits per heavy atom. The smallest absolute Gasteiger partial charge is 0.295 e. The number of sulfonamides is 1. The normalized spacial score (nSPS) is 11.5. The lowest BCUT2D eigenvalue weighted by atomic mass is 10.2. The van der Waals surface area contributed by atoms with E-state index in [1.54, 1.807) is 48.5 Å². The third-order valence-electron chi connectivity index (χ3n) is 4.37. The van der Waals surface area contributed by atoms with Crippen molar-refractivity contribution in [3.63, 3.8) is 0 Å². The highest BCUT2D eigenvalue weighted by molar-refractivity contribution is 7.98. The first-order valence-electron chi connectivity index (χ1n) is 8.99. The van der Waals surface area contributed by atoms with Crippen LogP contribution in [0.25, 0.3) is 11.0 Å². The maximum atomic E-state index is 12.9. The van der Waals surface area contributed by atoms with E-state index in [0.29, 0.717) is 32.3 Å². The van der Waals surface area contributed by atoms with Gasteiger partial charge >= 0.3 is 0 Å². The molecule has 0 unspecified atom stereocenters. The summed E-state index contributed by atoms with van der Waals surface area (Å²) in [5, 5.41) is 11.8. The second-order valence-electron chi connectivity index (χ2n) is 6.56. The van der Waals surface area contributed by atoms with E-state index in [-0.39, 0.29) is 10.8 Å². The Balaban J connectivity index is 1.59. The van der Waals surface area contributed by atoms with Crippen LogP contribution in [0.4, 0.5) is 11.4 Å². The summed E-state index contributed by atoms with van der Waals surface area (Å²) < 4.78 is 33.8. The monoisotopic (exact) mass is 474 g/mol. The Labute approximate surface area is 187 Å². The Bertz CT molecular complexity index is 1350. The fourth-order valence-corrected chi connectivity index (χ4v) is 5.12. The SMILES string of the molecule is O=[N+]([O-])c1cccc(CSc2ccc(Cl)cc2NS(=O)(=O)c2cc3ccccc3o2)c1. The zero-order valence-corrected chi connectivity index (χ0v) is 18.2. The first kappa shape index (κ1) is 21.2. The Morgan fingerprint density at radius 3 is 2.61 bits per heavy atom. The van der Waals surface area contributed by atoms with Crippen LogP contribution in [0.2, 0.25) is 5.02 Å². The lowest BCUT2D eigenvalue weighted by Crippen LogP contribution is -2.12. The molecule has 0 saturated heterocycles. The van der Waals surface area contributed by atoms with Crippen molar-refractivity contribution in [3.05, 3.63) is 93.5 Å². The molecule has 4 aromatic rings. The number of thioether (sulfide) groups is 1. The Morgan fingerprint density at radius 2 is 1.84 bits per heavy atom. The third-order valence-corrected chi connectivity index (χ3v) is 6.97. The molecule has 0 radical (unpaired) electrons. The van der Waals surface area contributed by atoms with Crippen LogP contribution >= 0.6 is 23.4 Å². The lowest BCUT2D eigenvalue weighted by molar-refractivity contribution is -0.384. The summed E-state index contributed by atoms with van der Waals surface area (Å²) in [6.07, 6.45) is 0. The number of para-hydroxylation sites is 1. The average Bonchev–Trinajstić information content (AvgIpc) is 3.18. The summed E-state index contributed by atoms with van der Waals surface area (Å²) in [6.45, 7) is 0. The Kier molecular flexibility index (Phi) is 5.90. The van der Waals surface area contributed by atoms with E-state index >= 15 is 0 Å². The van der Waals surface area contributed by atoms with Crippen molar-refractivity contribution >= 4 is 55.7 Å². The van der Waals surface area contributed by atoms with E-state index in [2.05, 4.69) is 4.72 Å². The average molecular weight is 475 g/mol. The van der Waals surface area contributed by atoms with Crippen molar-refractivity contribution in [1.82, 2.24) is 0 Å². The van der Waals surface area contributed by atoms with Crippen molar-refractivity contribution in [2.24, 2.45) is 0 Å². The molecule has 158 valence electrons. The molecule has 0 aliphatic rings. The van der Waals surface area contributed by atoms with Gasteiger partial charge in [-0.25, -0.2) is 0 Å². The molecule has 0 bridgehead atoms. The highest BCUT2D eigenvalue weighted by atomic mass is 35.5. The number of nitro groups is 1. The topological polar surface area (TPSA) is 102 Å². The number of non-ortho nitro benzene ring substituents is 1. The lowest BCUT2D eigenvalue weighted by Gasteiger charge is -2.12. The molecule has 0 aliphatic carbocycles. The predicted molar refractivity (Wildman–Crippen MR) is 121 cm³/mol. The first-order valence-corrected chi connectivity index (χ1v) is 11.8. The summed E-state index contributed by atoms with van der Waals surface area (Å²) in [5.74, 6) is 0.405. The van der Waals surface area contributed by atoms with Gasteiger partial charge in [0.15, 0.2) is 0 Å². The molecule has 4 rings (SSSR count). The minimum Gasteiger partial charge on any atom is -0.443 e. The number of anilines is 1. The van der Waals surface area contributed by atoms with E-state index in [9.17, 15) is 18.5 Å². The zero-order valence-electron chi connectivity index (χ0n) is 15.8. The van der Waals surface area contributed by atoms with E-state index in [0.717, 1.165) is 5.56 Å². The van der Waals surface area contributed by atoms with E-state index in [1.165, 1.54) is 36.0 Å². The molecule has 0 aliphatic heterocycles. The number of nitrogens with zero attached hydrogens (tertiary/aromatic N) is 1. The van der Waals surface area contributed by atoms with Crippen LogP contribution in [0.5, 0.6) is 0 Å². The number of hydrogen-bond acceptors (Lipinski definition) is 6. The first-order chi connectivity index (χ1) is 14.8. The largest absolute Gasteiger partial charge is 0.443 e. The second-order valence-corrected chi connectivity index (χ2v) is 9.63. The number of furan rings is 1. The van der Waals surface area contributed by atoms with Crippen molar-refractivity contribution in [1.29, 1.82) is 0 Å². The molecule has 1 aromatic heterocycles. The molecule has 0 fully saturated rings. The van der Waals surface area contributed by atoms with Gasteiger partial charge in [-0.3, -0.25) is 14.8 Å². The number of nitro benzene ring substituents is 1. The summed E-state index contributed by atoms with van der Waals surface area (Å²) in [6, 6.07) is 19.6. The van der Waals surface area contributed by atoms with Gasteiger partial charge in [-0.05, 0) is 29.8 Å². The molecular formula is C21H15ClN2O5S2. The fourth-order valence-electron chi connectivity index (χ4n) is 2.91. The van der Waals surface area contributed by atoms with Gasteiger partial charge in [0.05, 0.1) is 10.6 Å². The molecule has 1 heterocycles. The number of fused-ring (bicyclic) bond motifs is 1. The summed E-state index contributed by atoms with van der Waals surface area (Å²) in [4.78, 5) is 11.1. The van der Waals surface area contributed by atoms with Gasteiger partial charge in [-0.15, -0.1) is 11.8 Å². The van der Waals surface area contributed by atoms with E-state index < -0.39 is 14.9 Å². The molecular weight excluding hydrogens is 460 g/mol. The fraction of sp³-hybridized carbons (Fsp3) is 0.0476. The van der Waals surface area contributed by atoms with Gasteiger partial charge in [0.25, 0.3) is 15.7 Å². The van der Waals surface area contributed by atoms with Crippen molar-refractivity contribution in [2.45, 2.75) is 15.7 Å². The second kappa shape index (κ2) is 8.62. The van der Waals surface area contributed by atoms with E-state index in [4.69, 9.17) is 16.0 Å². The standard InChI is InChI=1S/C21H15ClN2O5S2/c22-16-8-9-20(30-13-14-4-3-6-17(10-14)24(25)26)18(12-16)23-31(27,28)21-11-15-5-1-2-7-19(15)29-21/h1-12,23H,13H2. The minimum atomic E-state index is -3.99. The number of benzene rings is 3. The number of halogens is 1. The highest BCUT2D eigenvalue weighted by Gasteiger charge is 2.21. The van der Waals surface area contributed by atoms with Crippen LogP contribution in [0.3, 0.4) is 0 Å².